The first-order valence-corrected chi connectivity index (χ1v) is 5.22. The molecule has 17 heavy (non-hydrogen) atoms. The van der Waals surface area contributed by atoms with Crippen molar-refractivity contribution in [1.29, 1.82) is 0 Å². The van der Waals surface area contributed by atoms with Gasteiger partial charge in [0.15, 0.2) is 5.69 Å². The predicted octanol–water partition coefficient (Wildman–Crippen LogP) is -0.181. The number of aromatic carboxylic acids is 1. The number of carboxylic acid groups (broad SMARTS) is 1. The molecule has 0 atom stereocenters. The van der Waals surface area contributed by atoms with Crippen LogP contribution in [0.4, 0.5) is 4.79 Å². The van der Waals surface area contributed by atoms with Crippen molar-refractivity contribution in [3.63, 3.8) is 0 Å². The van der Waals surface area contributed by atoms with Crippen molar-refractivity contribution >= 4 is 12.1 Å². The fraction of sp³-hybridized carbons (Fsp3) is 0.556. The van der Waals surface area contributed by atoms with Crippen LogP contribution in [0.25, 0.3) is 0 Å². The standard InChI is InChI=1S/C9H12N4O4/c14-8(15)7-6-13(11-10-7)4-3-12-2-1-5-17-9(12)16/h6H,1-5H2,(H,14,15). The van der Waals surface area contributed by atoms with Gasteiger partial charge in [0, 0.05) is 13.1 Å². The minimum Gasteiger partial charge on any atom is -0.476 e. The van der Waals surface area contributed by atoms with E-state index in [-0.39, 0.29) is 11.8 Å². The van der Waals surface area contributed by atoms with Gasteiger partial charge in [-0.3, -0.25) is 0 Å². The summed E-state index contributed by atoms with van der Waals surface area (Å²) in [6.45, 7) is 1.94. The Morgan fingerprint density at radius 2 is 2.35 bits per heavy atom. The van der Waals surface area contributed by atoms with E-state index in [2.05, 4.69) is 10.3 Å². The summed E-state index contributed by atoms with van der Waals surface area (Å²) in [6.07, 6.45) is 1.80. The van der Waals surface area contributed by atoms with E-state index in [1.807, 2.05) is 0 Å². The van der Waals surface area contributed by atoms with E-state index in [9.17, 15) is 9.59 Å². The minimum absolute atomic E-state index is 0.105. The summed E-state index contributed by atoms with van der Waals surface area (Å²) in [5.41, 5.74) is -0.105. The molecule has 1 aliphatic rings. The average Bonchev–Trinajstić information content (AvgIpc) is 2.77. The molecule has 1 aromatic rings. The molecule has 0 aliphatic carbocycles. The molecular weight excluding hydrogens is 228 g/mol. The van der Waals surface area contributed by atoms with Gasteiger partial charge in [-0.2, -0.15) is 0 Å². The Hall–Kier alpha value is -2.12. The van der Waals surface area contributed by atoms with E-state index < -0.39 is 5.97 Å². The number of carbonyl (C=O) groups excluding carboxylic acids is 1. The third kappa shape index (κ3) is 2.71. The van der Waals surface area contributed by atoms with Crippen LogP contribution in [-0.4, -0.2) is 56.8 Å². The van der Waals surface area contributed by atoms with Crippen molar-refractivity contribution in [3.8, 4) is 0 Å². The number of aromatic nitrogens is 3. The number of cyclic esters (lactones) is 1. The second-order valence-corrected chi connectivity index (χ2v) is 3.63. The lowest BCUT2D eigenvalue weighted by Crippen LogP contribution is -2.39. The van der Waals surface area contributed by atoms with Crippen LogP contribution in [0.2, 0.25) is 0 Å². The first kappa shape index (κ1) is 11.4. The molecule has 0 saturated carbocycles. The molecule has 0 unspecified atom stereocenters. The molecule has 1 fully saturated rings. The van der Waals surface area contributed by atoms with Crippen LogP contribution in [0, 0.1) is 0 Å². The van der Waals surface area contributed by atoms with E-state index in [0.717, 1.165) is 6.42 Å². The third-order valence-corrected chi connectivity index (χ3v) is 2.41. The van der Waals surface area contributed by atoms with E-state index in [4.69, 9.17) is 9.84 Å². The van der Waals surface area contributed by atoms with Gasteiger partial charge in [-0.15, -0.1) is 5.10 Å². The maximum Gasteiger partial charge on any atom is 0.409 e. The Balaban J connectivity index is 1.88. The van der Waals surface area contributed by atoms with Crippen molar-refractivity contribution < 1.29 is 19.4 Å². The second kappa shape index (κ2) is 4.81. The monoisotopic (exact) mass is 240 g/mol. The summed E-state index contributed by atoms with van der Waals surface area (Å²) in [7, 11) is 0. The van der Waals surface area contributed by atoms with Gasteiger partial charge in [0.1, 0.15) is 0 Å². The van der Waals surface area contributed by atoms with Gasteiger partial charge in [-0.1, -0.05) is 5.21 Å². The van der Waals surface area contributed by atoms with Crippen molar-refractivity contribution in [2.24, 2.45) is 0 Å². The lowest BCUT2D eigenvalue weighted by Gasteiger charge is -2.25. The number of carboxylic acids is 1. The number of amides is 1. The van der Waals surface area contributed by atoms with E-state index in [1.54, 1.807) is 4.90 Å². The van der Waals surface area contributed by atoms with Gasteiger partial charge in [0.05, 0.1) is 19.3 Å². The Labute approximate surface area is 96.8 Å². The van der Waals surface area contributed by atoms with E-state index in [1.165, 1.54) is 10.9 Å². The van der Waals surface area contributed by atoms with Gasteiger partial charge in [0.25, 0.3) is 0 Å². The Morgan fingerprint density at radius 1 is 1.53 bits per heavy atom. The molecule has 8 nitrogen and oxygen atoms in total. The number of hydrogen-bond donors (Lipinski definition) is 1. The first-order valence-electron chi connectivity index (χ1n) is 5.22. The normalized spacial score (nSPS) is 15.8. The van der Waals surface area contributed by atoms with E-state index in [0.29, 0.717) is 26.2 Å². The first-order chi connectivity index (χ1) is 8.16. The largest absolute Gasteiger partial charge is 0.476 e. The Morgan fingerprint density at radius 3 is 3.00 bits per heavy atom. The van der Waals surface area contributed by atoms with Gasteiger partial charge < -0.3 is 14.7 Å². The minimum atomic E-state index is -1.12. The third-order valence-electron chi connectivity index (χ3n) is 2.41. The molecule has 92 valence electrons. The lowest BCUT2D eigenvalue weighted by atomic mass is 10.3. The van der Waals surface area contributed by atoms with Gasteiger partial charge in [0.2, 0.25) is 0 Å². The van der Waals surface area contributed by atoms with Crippen LogP contribution < -0.4 is 0 Å². The Kier molecular flexibility index (Phi) is 3.22. The van der Waals surface area contributed by atoms with Crippen LogP contribution in [0.1, 0.15) is 16.9 Å². The maximum absolute atomic E-state index is 11.3. The van der Waals surface area contributed by atoms with Crippen LogP contribution >= 0.6 is 0 Å². The summed E-state index contributed by atoms with van der Waals surface area (Å²) in [5.74, 6) is -1.12. The van der Waals surface area contributed by atoms with Crippen molar-refractivity contribution in [3.05, 3.63) is 11.9 Å². The molecule has 0 aromatic carbocycles. The maximum atomic E-state index is 11.3. The molecule has 1 amide bonds. The second-order valence-electron chi connectivity index (χ2n) is 3.63. The predicted molar refractivity (Wildman–Crippen MR) is 54.5 cm³/mol. The number of ether oxygens (including phenoxy) is 1. The zero-order valence-electron chi connectivity index (χ0n) is 9.07. The van der Waals surface area contributed by atoms with Gasteiger partial charge >= 0.3 is 12.1 Å². The molecule has 8 heteroatoms. The van der Waals surface area contributed by atoms with Crippen molar-refractivity contribution in [2.45, 2.75) is 13.0 Å². The number of rotatable bonds is 4. The summed E-state index contributed by atoms with van der Waals surface area (Å²) in [6, 6.07) is 0. The molecule has 2 heterocycles. The summed E-state index contributed by atoms with van der Waals surface area (Å²) < 4.78 is 6.26. The van der Waals surface area contributed by atoms with Gasteiger partial charge in [-0.25, -0.2) is 14.3 Å². The molecule has 2 rings (SSSR count). The van der Waals surface area contributed by atoms with Crippen LogP contribution in [-0.2, 0) is 11.3 Å². The highest BCUT2D eigenvalue weighted by molar-refractivity contribution is 5.84. The van der Waals surface area contributed by atoms with Crippen LogP contribution in [0.3, 0.4) is 0 Å². The number of carbonyl (C=O) groups is 2. The van der Waals surface area contributed by atoms with Gasteiger partial charge in [-0.05, 0) is 6.42 Å². The topological polar surface area (TPSA) is 97.6 Å². The highest BCUT2D eigenvalue weighted by atomic mass is 16.6. The quantitative estimate of drug-likeness (QED) is 0.783. The number of hydrogen-bond acceptors (Lipinski definition) is 5. The Bertz CT molecular complexity index is 430. The highest BCUT2D eigenvalue weighted by Gasteiger charge is 2.19. The molecule has 0 radical (unpaired) electrons. The summed E-state index contributed by atoms with van der Waals surface area (Å²) >= 11 is 0. The summed E-state index contributed by atoms with van der Waals surface area (Å²) in [4.78, 5) is 23.4. The average molecular weight is 240 g/mol. The van der Waals surface area contributed by atoms with Crippen molar-refractivity contribution in [1.82, 2.24) is 19.9 Å². The molecule has 1 saturated heterocycles. The number of nitrogens with zero attached hydrogens (tertiary/aromatic N) is 4. The summed E-state index contributed by atoms with van der Waals surface area (Å²) in [5, 5.41) is 15.8. The molecule has 0 bridgehead atoms. The smallest absolute Gasteiger partial charge is 0.409 e. The molecule has 1 aliphatic heterocycles. The van der Waals surface area contributed by atoms with E-state index >= 15 is 0 Å². The molecular formula is C9H12N4O4. The zero-order chi connectivity index (χ0) is 12.3. The molecule has 0 spiro atoms. The molecule has 1 N–H and O–H groups in total. The zero-order valence-corrected chi connectivity index (χ0v) is 9.07. The SMILES string of the molecule is O=C(O)c1cn(CCN2CCCOC2=O)nn1. The van der Waals surface area contributed by atoms with Crippen LogP contribution in [0.15, 0.2) is 6.20 Å². The van der Waals surface area contributed by atoms with Crippen LogP contribution in [0.5, 0.6) is 0 Å². The van der Waals surface area contributed by atoms with Crippen molar-refractivity contribution in [2.75, 3.05) is 19.7 Å². The highest BCUT2D eigenvalue weighted by Crippen LogP contribution is 2.04. The lowest BCUT2D eigenvalue weighted by molar-refractivity contribution is 0.0685. The fourth-order valence-corrected chi connectivity index (χ4v) is 1.53. The molecule has 1 aromatic heterocycles. The fourth-order valence-electron chi connectivity index (χ4n) is 1.53.